The number of amides is 1. The smallest absolute Gasteiger partial charge is 0.256 e. The summed E-state index contributed by atoms with van der Waals surface area (Å²) in [6.07, 6.45) is 0. The van der Waals surface area contributed by atoms with E-state index < -0.39 is 21.0 Å². The van der Waals surface area contributed by atoms with E-state index in [4.69, 9.17) is 0 Å². The molecule has 0 atom stereocenters. The molecule has 0 unspecified atom stereocenters. The summed E-state index contributed by atoms with van der Waals surface area (Å²) in [6.45, 7) is 7.36. The Kier molecular flexibility index (Phi) is 5.44. The van der Waals surface area contributed by atoms with Gasteiger partial charge in [0.2, 0.25) is 0 Å². The van der Waals surface area contributed by atoms with Crippen molar-refractivity contribution in [2.45, 2.75) is 43.8 Å². The zero-order chi connectivity index (χ0) is 17.9. The molecule has 128 valence electrons. The third kappa shape index (κ3) is 3.85. The number of carbonyl (C=O) groups excluding carboxylic acids is 1. The molecule has 0 bridgehead atoms. The van der Waals surface area contributed by atoms with E-state index in [0.717, 1.165) is 5.56 Å². The van der Waals surface area contributed by atoms with Crippen molar-refractivity contribution in [3.05, 3.63) is 59.7 Å². The monoisotopic (exact) mass is 345 g/mol. The molecule has 0 saturated carbocycles. The first-order valence-electron chi connectivity index (χ1n) is 7.97. The van der Waals surface area contributed by atoms with Crippen LogP contribution >= 0.6 is 0 Å². The van der Waals surface area contributed by atoms with E-state index in [2.05, 4.69) is 19.2 Å². The van der Waals surface area contributed by atoms with Gasteiger partial charge < -0.3 is 5.32 Å². The maximum Gasteiger partial charge on any atom is 0.256 e. The van der Waals surface area contributed by atoms with Gasteiger partial charge in [-0.1, -0.05) is 38.1 Å². The molecule has 0 aliphatic rings. The van der Waals surface area contributed by atoms with Crippen LogP contribution < -0.4 is 5.32 Å². The lowest BCUT2D eigenvalue weighted by molar-refractivity contribution is 0.102. The van der Waals surface area contributed by atoms with E-state index in [1.807, 2.05) is 18.2 Å². The SMILES string of the molecule is CC(C)c1cccc(NC(=O)c2ccccc2S(=O)(=O)C(C)C)c1. The highest BCUT2D eigenvalue weighted by molar-refractivity contribution is 7.92. The summed E-state index contributed by atoms with van der Waals surface area (Å²) >= 11 is 0. The van der Waals surface area contributed by atoms with Gasteiger partial charge in [-0.3, -0.25) is 4.79 Å². The number of anilines is 1. The van der Waals surface area contributed by atoms with Crippen LogP contribution in [0.15, 0.2) is 53.4 Å². The third-order valence-electron chi connectivity index (χ3n) is 3.87. The van der Waals surface area contributed by atoms with E-state index in [1.54, 1.807) is 32.0 Å². The highest BCUT2D eigenvalue weighted by atomic mass is 32.2. The summed E-state index contributed by atoms with van der Waals surface area (Å²) < 4.78 is 24.9. The normalized spacial score (nSPS) is 11.8. The second kappa shape index (κ2) is 7.18. The molecule has 24 heavy (non-hydrogen) atoms. The Morgan fingerprint density at radius 1 is 0.958 bits per heavy atom. The van der Waals surface area contributed by atoms with Gasteiger partial charge in [0.15, 0.2) is 9.84 Å². The number of hydrogen-bond acceptors (Lipinski definition) is 3. The molecule has 0 fully saturated rings. The summed E-state index contributed by atoms with van der Waals surface area (Å²) in [5.74, 6) is -0.0776. The number of nitrogens with one attached hydrogen (secondary N) is 1. The fraction of sp³-hybridized carbons (Fsp3) is 0.316. The van der Waals surface area contributed by atoms with Crippen LogP contribution in [0.5, 0.6) is 0 Å². The van der Waals surface area contributed by atoms with Crippen molar-refractivity contribution in [3.63, 3.8) is 0 Å². The lowest BCUT2D eigenvalue weighted by atomic mass is 10.0. The molecule has 2 aromatic rings. The van der Waals surface area contributed by atoms with E-state index in [1.165, 1.54) is 12.1 Å². The minimum absolute atomic E-state index is 0.0671. The number of sulfone groups is 1. The van der Waals surface area contributed by atoms with Gasteiger partial charge >= 0.3 is 0 Å². The Morgan fingerprint density at radius 3 is 2.25 bits per heavy atom. The third-order valence-corrected chi connectivity index (χ3v) is 6.08. The summed E-state index contributed by atoms with van der Waals surface area (Å²) in [5, 5.41) is 2.21. The first-order chi connectivity index (χ1) is 11.2. The van der Waals surface area contributed by atoms with Crippen LogP contribution in [0.25, 0.3) is 0 Å². The van der Waals surface area contributed by atoms with Crippen molar-refractivity contribution in [1.29, 1.82) is 0 Å². The van der Waals surface area contributed by atoms with Crippen molar-refractivity contribution in [3.8, 4) is 0 Å². The van der Waals surface area contributed by atoms with Crippen molar-refractivity contribution in [2.24, 2.45) is 0 Å². The largest absolute Gasteiger partial charge is 0.322 e. The van der Waals surface area contributed by atoms with E-state index >= 15 is 0 Å². The minimum Gasteiger partial charge on any atom is -0.322 e. The van der Waals surface area contributed by atoms with Crippen LogP contribution in [0, 0.1) is 0 Å². The summed E-state index contributed by atoms with van der Waals surface area (Å²) in [7, 11) is -3.53. The molecule has 1 amide bonds. The molecule has 0 aliphatic carbocycles. The highest BCUT2D eigenvalue weighted by Crippen LogP contribution is 2.23. The second-order valence-electron chi connectivity index (χ2n) is 6.32. The van der Waals surface area contributed by atoms with E-state index in [0.29, 0.717) is 11.6 Å². The van der Waals surface area contributed by atoms with Gasteiger partial charge in [0.05, 0.1) is 15.7 Å². The van der Waals surface area contributed by atoms with E-state index in [9.17, 15) is 13.2 Å². The van der Waals surface area contributed by atoms with E-state index in [-0.39, 0.29) is 10.5 Å². The van der Waals surface area contributed by atoms with Crippen LogP contribution in [0.3, 0.4) is 0 Å². The summed E-state index contributed by atoms with van der Waals surface area (Å²) in [6, 6.07) is 13.9. The van der Waals surface area contributed by atoms with Crippen molar-refractivity contribution in [2.75, 3.05) is 5.32 Å². The molecule has 0 aromatic heterocycles. The first kappa shape index (κ1) is 18.2. The van der Waals surface area contributed by atoms with Gasteiger partial charge in [0.1, 0.15) is 0 Å². The molecular weight excluding hydrogens is 322 g/mol. The van der Waals surface area contributed by atoms with Crippen LogP contribution in [0.1, 0.15) is 49.5 Å². The molecule has 2 rings (SSSR count). The molecule has 0 spiro atoms. The maximum atomic E-state index is 12.6. The topological polar surface area (TPSA) is 63.2 Å². The van der Waals surface area contributed by atoms with Gasteiger partial charge in [-0.15, -0.1) is 0 Å². The average Bonchev–Trinajstić information content (AvgIpc) is 2.54. The van der Waals surface area contributed by atoms with Crippen molar-refractivity contribution >= 4 is 21.4 Å². The average molecular weight is 345 g/mol. The molecule has 0 saturated heterocycles. The Hall–Kier alpha value is -2.14. The zero-order valence-corrected chi connectivity index (χ0v) is 15.2. The standard InChI is InChI=1S/C19H23NO3S/c1-13(2)15-8-7-9-16(12-15)20-19(21)17-10-5-6-11-18(17)24(22,23)14(3)4/h5-14H,1-4H3,(H,20,21). The Morgan fingerprint density at radius 2 is 1.62 bits per heavy atom. The molecule has 1 N–H and O–H groups in total. The fourth-order valence-electron chi connectivity index (χ4n) is 2.33. The zero-order valence-electron chi connectivity index (χ0n) is 14.4. The van der Waals surface area contributed by atoms with Crippen molar-refractivity contribution in [1.82, 2.24) is 0 Å². The highest BCUT2D eigenvalue weighted by Gasteiger charge is 2.25. The van der Waals surface area contributed by atoms with Crippen LogP contribution in [-0.4, -0.2) is 19.6 Å². The van der Waals surface area contributed by atoms with Crippen LogP contribution in [0.2, 0.25) is 0 Å². The van der Waals surface area contributed by atoms with Crippen LogP contribution in [-0.2, 0) is 9.84 Å². The Bertz CT molecular complexity index is 839. The first-order valence-corrected chi connectivity index (χ1v) is 9.52. The number of benzene rings is 2. The van der Waals surface area contributed by atoms with Crippen LogP contribution in [0.4, 0.5) is 5.69 Å². The molecule has 0 heterocycles. The minimum atomic E-state index is -3.53. The lowest BCUT2D eigenvalue weighted by Crippen LogP contribution is -2.20. The van der Waals surface area contributed by atoms with Gasteiger partial charge in [-0.05, 0) is 49.6 Å². The van der Waals surface area contributed by atoms with Crippen molar-refractivity contribution < 1.29 is 13.2 Å². The molecule has 0 radical (unpaired) electrons. The maximum absolute atomic E-state index is 12.6. The number of carbonyl (C=O) groups is 1. The van der Waals surface area contributed by atoms with Gasteiger partial charge in [-0.2, -0.15) is 0 Å². The molecular formula is C19H23NO3S. The summed E-state index contributed by atoms with van der Waals surface area (Å²) in [5.41, 5.74) is 1.93. The molecule has 2 aromatic carbocycles. The molecule has 4 nitrogen and oxygen atoms in total. The predicted molar refractivity (Wildman–Crippen MR) is 97.2 cm³/mol. The van der Waals surface area contributed by atoms with Gasteiger partial charge in [0, 0.05) is 5.69 Å². The molecule has 5 heteroatoms. The summed E-state index contributed by atoms with van der Waals surface area (Å²) in [4.78, 5) is 12.7. The predicted octanol–water partition coefficient (Wildman–Crippen LogP) is 4.24. The number of hydrogen-bond donors (Lipinski definition) is 1. The number of rotatable bonds is 5. The second-order valence-corrected chi connectivity index (χ2v) is 8.80. The fourth-order valence-corrected chi connectivity index (χ4v) is 3.57. The quantitative estimate of drug-likeness (QED) is 0.881. The van der Waals surface area contributed by atoms with Gasteiger partial charge in [-0.25, -0.2) is 8.42 Å². The lowest BCUT2D eigenvalue weighted by Gasteiger charge is -2.14. The van der Waals surface area contributed by atoms with Gasteiger partial charge in [0.25, 0.3) is 5.91 Å². The Balaban J connectivity index is 2.37. The molecule has 0 aliphatic heterocycles. The Labute approximate surface area is 143 Å².